The third kappa shape index (κ3) is 4.56. The summed E-state index contributed by atoms with van der Waals surface area (Å²) in [6.45, 7) is 6.81. The molecule has 1 aromatic carbocycles. The van der Waals surface area contributed by atoms with E-state index in [-0.39, 0.29) is 18.5 Å². The zero-order valence-electron chi connectivity index (χ0n) is 14.0. The molecule has 0 aliphatic carbocycles. The molecule has 2 aliphatic heterocycles. The summed E-state index contributed by atoms with van der Waals surface area (Å²) in [5.74, 6) is 1.15. The van der Waals surface area contributed by atoms with Gasteiger partial charge in [-0.05, 0) is 5.56 Å². The molecular formula is C17H23ClN4O3. The highest BCUT2D eigenvalue weighted by molar-refractivity contribution is 5.85. The van der Waals surface area contributed by atoms with Crippen LogP contribution in [0.25, 0.3) is 11.4 Å². The first-order chi connectivity index (χ1) is 11.9. The van der Waals surface area contributed by atoms with Crippen molar-refractivity contribution < 1.29 is 14.0 Å². The van der Waals surface area contributed by atoms with Crippen LogP contribution < -0.4 is 5.32 Å². The average molecular weight is 367 g/mol. The van der Waals surface area contributed by atoms with Crippen LogP contribution in [0, 0.1) is 0 Å². The van der Waals surface area contributed by atoms with Gasteiger partial charge in [-0.25, -0.2) is 0 Å². The minimum Gasteiger partial charge on any atom is -0.379 e. The molecule has 0 saturated carbocycles. The largest absolute Gasteiger partial charge is 0.379 e. The lowest BCUT2D eigenvalue weighted by Gasteiger charge is -2.26. The van der Waals surface area contributed by atoms with E-state index < -0.39 is 0 Å². The summed E-state index contributed by atoms with van der Waals surface area (Å²) in [6, 6.07) is 8.34. The first kappa shape index (κ1) is 18.3. The van der Waals surface area contributed by atoms with Crippen LogP contribution >= 0.6 is 12.4 Å². The van der Waals surface area contributed by atoms with Crippen LogP contribution in [0.4, 0.5) is 0 Å². The maximum absolute atomic E-state index is 5.64. The molecule has 3 heterocycles. The van der Waals surface area contributed by atoms with Gasteiger partial charge in [-0.2, -0.15) is 4.98 Å². The summed E-state index contributed by atoms with van der Waals surface area (Å²) in [5, 5.41) is 7.35. The van der Waals surface area contributed by atoms with Gasteiger partial charge in [-0.3, -0.25) is 4.90 Å². The molecule has 2 saturated heterocycles. The number of benzene rings is 1. The number of morpholine rings is 2. The van der Waals surface area contributed by atoms with E-state index in [1.54, 1.807) is 0 Å². The van der Waals surface area contributed by atoms with Crippen LogP contribution in [0.2, 0.25) is 0 Å². The average Bonchev–Trinajstić information content (AvgIpc) is 3.14. The fourth-order valence-corrected chi connectivity index (χ4v) is 2.98. The molecular weight excluding hydrogens is 344 g/mol. The summed E-state index contributed by atoms with van der Waals surface area (Å²) >= 11 is 0. The molecule has 2 fully saturated rings. The number of nitrogens with one attached hydrogen (secondary N) is 1. The summed E-state index contributed by atoms with van der Waals surface area (Å²) in [6.07, 6.45) is -0.152. The van der Waals surface area contributed by atoms with E-state index in [4.69, 9.17) is 14.0 Å². The Balaban J connectivity index is 0.00000182. The van der Waals surface area contributed by atoms with Crippen LogP contribution in [-0.2, 0) is 16.0 Å². The maximum atomic E-state index is 5.64. The van der Waals surface area contributed by atoms with Gasteiger partial charge in [0.2, 0.25) is 5.82 Å². The Morgan fingerprint density at radius 1 is 1.12 bits per heavy atom. The van der Waals surface area contributed by atoms with Crippen molar-refractivity contribution in [2.24, 2.45) is 0 Å². The predicted molar refractivity (Wildman–Crippen MR) is 94.6 cm³/mol. The van der Waals surface area contributed by atoms with E-state index >= 15 is 0 Å². The minimum atomic E-state index is -0.152. The quantitative estimate of drug-likeness (QED) is 0.882. The molecule has 0 bridgehead atoms. The van der Waals surface area contributed by atoms with Crippen molar-refractivity contribution in [2.75, 3.05) is 46.0 Å². The number of hydrogen-bond acceptors (Lipinski definition) is 7. The first-order valence-electron chi connectivity index (χ1n) is 8.44. The van der Waals surface area contributed by atoms with Crippen molar-refractivity contribution in [1.29, 1.82) is 0 Å². The van der Waals surface area contributed by atoms with Crippen molar-refractivity contribution in [2.45, 2.75) is 12.6 Å². The van der Waals surface area contributed by atoms with E-state index in [0.29, 0.717) is 24.9 Å². The van der Waals surface area contributed by atoms with Gasteiger partial charge >= 0.3 is 0 Å². The molecule has 0 unspecified atom stereocenters. The molecule has 7 nitrogen and oxygen atoms in total. The lowest BCUT2D eigenvalue weighted by molar-refractivity contribution is 0.00755. The lowest BCUT2D eigenvalue weighted by Crippen LogP contribution is -2.35. The Labute approximate surface area is 153 Å². The molecule has 0 spiro atoms. The van der Waals surface area contributed by atoms with E-state index in [0.717, 1.165) is 45.0 Å². The van der Waals surface area contributed by atoms with Gasteiger partial charge in [0, 0.05) is 38.3 Å². The van der Waals surface area contributed by atoms with Crippen molar-refractivity contribution in [3.63, 3.8) is 0 Å². The minimum absolute atomic E-state index is 0. The Morgan fingerprint density at radius 3 is 2.64 bits per heavy atom. The van der Waals surface area contributed by atoms with E-state index in [1.165, 1.54) is 5.56 Å². The van der Waals surface area contributed by atoms with Gasteiger partial charge in [0.05, 0.1) is 19.8 Å². The van der Waals surface area contributed by atoms with Gasteiger partial charge in [0.1, 0.15) is 6.10 Å². The van der Waals surface area contributed by atoms with Crippen molar-refractivity contribution in [3.05, 3.63) is 35.7 Å². The highest BCUT2D eigenvalue weighted by Crippen LogP contribution is 2.22. The molecule has 8 heteroatoms. The van der Waals surface area contributed by atoms with E-state index in [1.807, 2.05) is 12.1 Å². The Morgan fingerprint density at radius 2 is 1.92 bits per heavy atom. The summed E-state index contributed by atoms with van der Waals surface area (Å²) < 4.78 is 16.4. The number of nitrogens with zero attached hydrogens (tertiary/aromatic N) is 3. The Bertz CT molecular complexity index is 652. The van der Waals surface area contributed by atoms with Crippen LogP contribution in [0.3, 0.4) is 0 Å². The molecule has 2 aliphatic rings. The lowest BCUT2D eigenvalue weighted by atomic mass is 10.1. The molecule has 0 radical (unpaired) electrons. The molecule has 4 rings (SSSR count). The topological polar surface area (TPSA) is 72.7 Å². The molecule has 0 amide bonds. The van der Waals surface area contributed by atoms with Crippen molar-refractivity contribution in [1.82, 2.24) is 20.4 Å². The highest BCUT2D eigenvalue weighted by Gasteiger charge is 2.22. The number of aromatic nitrogens is 2. The second-order valence-electron chi connectivity index (χ2n) is 6.11. The van der Waals surface area contributed by atoms with Crippen molar-refractivity contribution in [3.8, 4) is 11.4 Å². The van der Waals surface area contributed by atoms with Gasteiger partial charge in [0.15, 0.2) is 0 Å². The zero-order valence-corrected chi connectivity index (χ0v) is 14.8. The SMILES string of the molecule is Cl.c1cc(-c2noc([C@H]3CNCCO3)n2)ccc1CN1CCOCC1. The Kier molecular flexibility index (Phi) is 6.39. The second-order valence-corrected chi connectivity index (χ2v) is 6.11. The molecule has 25 heavy (non-hydrogen) atoms. The standard InChI is InChI=1S/C17H22N4O3.ClH/c1-3-14(4-2-13(1)12-21-6-9-22-10-7-21)16-19-17(24-20-16)15-11-18-5-8-23-15;/h1-4,15,18H,5-12H2;1H/t15-;/m1./s1. The number of halogens is 1. The first-order valence-corrected chi connectivity index (χ1v) is 8.44. The van der Waals surface area contributed by atoms with E-state index in [2.05, 4.69) is 32.5 Å². The smallest absolute Gasteiger partial charge is 0.257 e. The number of rotatable bonds is 4. The van der Waals surface area contributed by atoms with Crippen LogP contribution in [0.15, 0.2) is 28.8 Å². The number of ether oxygens (including phenoxy) is 2. The third-order valence-electron chi connectivity index (χ3n) is 4.37. The fraction of sp³-hybridized carbons (Fsp3) is 0.529. The molecule has 1 N–H and O–H groups in total. The molecule has 1 aromatic heterocycles. The zero-order chi connectivity index (χ0) is 16.2. The maximum Gasteiger partial charge on any atom is 0.257 e. The van der Waals surface area contributed by atoms with Gasteiger partial charge in [-0.15, -0.1) is 12.4 Å². The Hall–Kier alpha value is -1.51. The van der Waals surface area contributed by atoms with Crippen LogP contribution in [0.5, 0.6) is 0 Å². The van der Waals surface area contributed by atoms with Crippen LogP contribution in [0.1, 0.15) is 17.6 Å². The van der Waals surface area contributed by atoms with Crippen LogP contribution in [-0.4, -0.2) is 61.0 Å². The molecule has 136 valence electrons. The molecule has 1 atom stereocenters. The molecule has 2 aromatic rings. The third-order valence-corrected chi connectivity index (χ3v) is 4.37. The van der Waals surface area contributed by atoms with E-state index in [9.17, 15) is 0 Å². The predicted octanol–water partition coefficient (Wildman–Crippen LogP) is 1.65. The summed E-state index contributed by atoms with van der Waals surface area (Å²) in [5.41, 5.74) is 2.24. The number of hydrogen-bond donors (Lipinski definition) is 1. The fourth-order valence-electron chi connectivity index (χ4n) is 2.98. The second kappa shape index (κ2) is 8.73. The van der Waals surface area contributed by atoms with Gasteiger partial charge in [-0.1, -0.05) is 29.4 Å². The summed E-state index contributed by atoms with van der Waals surface area (Å²) in [7, 11) is 0. The van der Waals surface area contributed by atoms with Gasteiger partial charge in [0.25, 0.3) is 5.89 Å². The highest BCUT2D eigenvalue weighted by atomic mass is 35.5. The summed E-state index contributed by atoms with van der Waals surface area (Å²) in [4.78, 5) is 6.88. The monoisotopic (exact) mass is 366 g/mol. The normalized spacial score (nSPS) is 21.7. The van der Waals surface area contributed by atoms with Crippen molar-refractivity contribution >= 4 is 12.4 Å². The van der Waals surface area contributed by atoms with Gasteiger partial charge < -0.3 is 19.3 Å².